The van der Waals surface area contributed by atoms with E-state index in [1.807, 2.05) is 31.2 Å². The lowest BCUT2D eigenvalue weighted by molar-refractivity contribution is 0.680. The molecule has 0 aliphatic heterocycles. The number of aryl methyl sites for hydroxylation is 2. The highest BCUT2D eigenvalue weighted by atomic mass is 32.2. The highest BCUT2D eigenvalue weighted by molar-refractivity contribution is 7.93. The Kier molecular flexibility index (Phi) is 4.16. The van der Waals surface area contributed by atoms with E-state index in [-0.39, 0.29) is 0 Å². The third kappa shape index (κ3) is 3.11. The maximum atomic E-state index is 12.4. The molecule has 0 bridgehead atoms. The van der Waals surface area contributed by atoms with Crippen LogP contribution in [0.25, 0.3) is 4.96 Å². The van der Waals surface area contributed by atoms with Gasteiger partial charge in [-0.05, 0) is 32.0 Å². The fraction of sp³-hybridized carbons (Fsp3) is 0.312. The monoisotopic (exact) mass is 348 g/mol. The minimum atomic E-state index is -2.31. The minimum Gasteiger partial charge on any atom is -0.379 e. The molecule has 0 aliphatic rings. The quantitative estimate of drug-likeness (QED) is 0.782. The van der Waals surface area contributed by atoms with E-state index in [0.717, 1.165) is 26.9 Å². The van der Waals surface area contributed by atoms with Crippen LogP contribution in [0.3, 0.4) is 0 Å². The predicted octanol–water partition coefficient (Wildman–Crippen LogP) is 3.71. The van der Waals surface area contributed by atoms with E-state index in [1.54, 1.807) is 24.6 Å². The molecule has 3 aromatic rings. The summed E-state index contributed by atoms with van der Waals surface area (Å²) >= 11 is 1.69. The molecule has 1 atom stereocenters. The van der Waals surface area contributed by atoms with Gasteiger partial charge >= 0.3 is 0 Å². The molecule has 0 amide bonds. The standard InChI is InChI=1S/C16H20N4OS2/c1-11-10-20-15(12(2)19-16(20)22-11)9-18-13-6-5-7-14(8-13)23(4,21)17-3/h5-8,10,18H,9H2,1-4H3. The molecule has 122 valence electrons. The van der Waals surface area contributed by atoms with E-state index in [1.165, 1.54) is 4.88 Å². The van der Waals surface area contributed by atoms with Crippen LogP contribution in [0.5, 0.6) is 0 Å². The Hall–Kier alpha value is -1.86. The van der Waals surface area contributed by atoms with Crippen LogP contribution >= 0.6 is 11.3 Å². The summed E-state index contributed by atoms with van der Waals surface area (Å²) in [6, 6.07) is 7.63. The zero-order valence-corrected chi connectivity index (χ0v) is 15.3. The summed E-state index contributed by atoms with van der Waals surface area (Å²) < 4.78 is 18.5. The van der Waals surface area contributed by atoms with Crippen molar-refractivity contribution in [1.29, 1.82) is 0 Å². The number of fused-ring (bicyclic) bond motifs is 1. The SMILES string of the molecule is CN=S(C)(=O)c1cccc(NCc2c(C)nc3sc(C)cn23)c1. The van der Waals surface area contributed by atoms with Gasteiger partial charge in [-0.15, -0.1) is 11.3 Å². The Morgan fingerprint density at radius 2 is 2.17 bits per heavy atom. The van der Waals surface area contributed by atoms with Crippen LogP contribution in [0.4, 0.5) is 5.69 Å². The molecule has 0 spiro atoms. The van der Waals surface area contributed by atoms with Gasteiger partial charge in [0.05, 0.1) is 27.7 Å². The Morgan fingerprint density at radius 1 is 1.39 bits per heavy atom. The van der Waals surface area contributed by atoms with E-state index in [2.05, 4.69) is 32.2 Å². The van der Waals surface area contributed by atoms with Crippen molar-refractivity contribution in [2.45, 2.75) is 25.3 Å². The Bertz CT molecular complexity index is 977. The van der Waals surface area contributed by atoms with Gasteiger partial charge in [0.15, 0.2) is 4.96 Å². The van der Waals surface area contributed by atoms with Crippen molar-refractivity contribution >= 4 is 31.7 Å². The summed E-state index contributed by atoms with van der Waals surface area (Å²) in [6.45, 7) is 4.78. The van der Waals surface area contributed by atoms with Crippen molar-refractivity contribution in [1.82, 2.24) is 9.38 Å². The molecule has 1 N–H and O–H groups in total. The summed E-state index contributed by atoms with van der Waals surface area (Å²) in [6.07, 6.45) is 3.77. The molecule has 2 aromatic heterocycles. The maximum absolute atomic E-state index is 12.4. The van der Waals surface area contributed by atoms with E-state index < -0.39 is 9.73 Å². The van der Waals surface area contributed by atoms with Crippen LogP contribution < -0.4 is 5.32 Å². The van der Waals surface area contributed by atoms with Crippen molar-refractivity contribution in [2.75, 3.05) is 18.6 Å². The fourth-order valence-electron chi connectivity index (χ4n) is 2.45. The highest BCUT2D eigenvalue weighted by Gasteiger charge is 2.11. The summed E-state index contributed by atoms with van der Waals surface area (Å²) in [4.78, 5) is 7.60. The summed E-state index contributed by atoms with van der Waals surface area (Å²) in [5.41, 5.74) is 3.11. The Labute approximate surface area is 140 Å². The van der Waals surface area contributed by atoms with Crippen LogP contribution in [-0.4, -0.2) is 26.9 Å². The van der Waals surface area contributed by atoms with Crippen molar-refractivity contribution in [3.05, 3.63) is 46.7 Å². The van der Waals surface area contributed by atoms with Crippen molar-refractivity contribution in [3.8, 4) is 0 Å². The zero-order chi connectivity index (χ0) is 16.6. The molecule has 23 heavy (non-hydrogen) atoms. The normalized spacial score (nSPS) is 13.9. The number of nitrogens with zero attached hydrogens (tertiary/aromatic N) is 3. The highest BCUT2D eigenvalue weighted by Crippen LogP contribution is 2.22. The van der Waals surface area contributed by atoms with E-state index in [9.17, 15) is 4.21 Å². The topological polar surface area (TPSA) is 58.8 Å². The summed E-state index contributed by atoms with van der Waals surface area (Å²) in [7, 11) is -0.722. The van der Waals surface area contributed by atoms with Gasteiger partial charge in [0.25, 0.3) is 0 Å². The van der Waals surface area contributed by atoms with Crippen LogP contribution in [0.15, 0.2) is 39.7 Å². The number of aromatic nitrogens is 2. The van der Waals surface area contributed by atoms with E-state index >= 15 is 0 Å². The lowest BCUT2D eigenvalue weighted by Gasteiger charge is -2.09. The minimum absolute atomic E-state index is 0.667. The first-order chi connectivity index (χ1) is 10.9. The van der Waals surface area contributed by atoms with Gasteiger partial charge in [-0.2, -0.15) is 0 Å². The van der Waals surface area contributed by atoms with Crippen LogP contribution in [-0.2, 0) is 16.3 Å². The average molecular weight is 348 g/mol. The molecule has 1 aromatic carbocycles. The van der Waals surface area contributed by atoms with Crippen LogP contribution in [0.1, 0.15) is 16.3 Å². The predicted molar refractivity (Wildman–Crippen MR) is 97.0 cm³/mol. The molecule has 5 nitrogen and oxygen atoms in total. The van der Waals surface area contributed by atoms with Gasteiger partial charge in [-0.1, -0.05) is 6.07 Å². The second kappa shape index (κ2) is 5.98. The zero-order valence-electron chi connectivity index (χ0n) is 13.7. The second-order valence-electron chi connectivity index (χ2n) is 5.50. The first kappa shape index (κ1) is 16.0. The van der Waals surface area contributed by atoms with Crippen LogP contribution in [0.2, 0.25) is 0 Å². The number of imidazole rings is 1. The molecule has 0 fully saturated rings. The number of benzene rings is 1. The van der Waals surface area contributed by atoms with Gasteiger partial charge < -0.3 is 5.32 Å². The number of rotatable bonds is 4. The molecule has 3 rings (SSSR count). The number of hydrogen-bond acceptors (Lipinski definition) is 5. The first-order valence-corrected chi connectivity index (χ1v) is 10.0. The van der Waals surface area contributed by atoms with Gasteiger partial charge in [0.2, 0.25) is 0 Å². The molecular weight excluding hydrogens is 328 g/mol. The lowest BCUT2D eigenvalue weighted by Crippen LogP contribution is -2.05. The number of nitrogens with one attached hydrogen (secondary N) is 1. The van der Waals surface area contributed by atoms with Crippen LogP contribution in [0, 0.1) is 13.8 Å². The Balaban J connectivity index is 1.87. The largest absolute Gasteiger partial charge is 0.379 e. The van der Waals surface area contributed by atoms with E-state index in [4.69, 9.17) is 0 Å². The molecule has 7 heteroatoms. The lowest BCUT2D eigenvalue weighted by atomic mass is 10.3. The fourth-order valence-corrected chi connectivity index (χ4v) is 4.23. The van der Waals surface area contributed by atoms with Gasteiger partial charge in [-0.25, -0.2) is 13.6 Å². The van der Waals surface area contributed by atoms with Gasteiger partial charge in [0, 0.05) is 35.0 Å². The molecule has 0 saturated heterocycles. The van der Waals surface area contributed by atoms with E-state index in [0.29, 0.717) is 6.54 Å². The number of thiazole rings is 1. The smallest absolute Gasteiger partial charge is 0.194 e. The average Bonchev–Trinajstić information content (AvgIpc) is 3.00. The van der Waals surface area contributed by atoms with Crippen molar-refractivity contribution in [2.24, 2.45) is 4.36 Å². The molecule has 1 unspecified atom stereocenters. The number of hydrogen-bond donors (Lipinski definition) is 1. The van der Waals surface area contributed by atoms with Gasteiger partial charge in [-0.3, -0.25) is 4.40 Å². The van der Waals surface area contributed by atoms with Crippen molar-refractivity contribution in [3.63, 3.8) is 0 Å². The molecule has 0 aliphatic carbocycles. The third-order valence-corrected chi connectivity index (χ3v) is 6.54. The van der Waals surface area contributed by atoms with Gasteiger partial charge in [0.1, 0.15) is 0 Å². The summed E-state index contributed by atoms with van der Waals surface area (Å²) in [5.74, 6) is 0. The second-order valence-corrected chi connectivity index (χ2v) is 9.16. The first-order valence-electron chi connectivity index (χ1n) is 7.29. The summed E-state index contributed by atoms with van der Waals surface area (Å²) in [5, 5.41) is 3.40. The number of anilines is 1. The molecule has 2 heterocycles. The maximum Gasteiger partial charge on any atom is 0.194 e. The molecular formula is C16H20N4OS2. The Morgan fingerprint density at radius 3 is 2.91 bits per heavy atom. The third-order valence-electron chi connectivity index (χ3n) is 3.82. The van der Waals surface area contributed by atoms with Crippen molar-refractivity contribution < 1.29 is 4.21 Å². The molecule has 0 radical (unpaired) electrons. The molecule has 0 saturated carbocycles.